The topological polar surface area (TPSA) is 81.1 Å². The van der Waals surface area contributed by atoms with Gasteiger partial charge in [-0.25, -0.2) is 4.79 Å². The van der Waals surface area contributed by atoms with Gasteiger partial charge in [-0.05, 0) is 49.8 Å². The summed E-state index contributed by atoms with van der Waals surface area (Å²) in [4.78, 5) is 13.8. The van der Waals surface area contributed by atoms with Crippen molar-refractivity contribution in [1.82, 2.24) is 25.6 Å². The highest BCUT2D eigenvalue weighted by Crippen LogP contribution is 2.28. The van der Waals surface area contributed by atoms with E-state index in [0.717, 1.165) is 43.7 Å². The number of ether oxygens (including phenoxy) is 1. The van der Waals surface area contributed by atoms with Gasteiger partial charge in [0.1, 0.15) is 11.4 Å². The smallest absolute Gasteiger partial charge is 0.315 e. The second-order valence-corrected chi connectivity index (χ2v) is 6.24. The van der Waals surface area contributed by atoms with E-state index in [0.29, 0.717) is 6.54 Å². The molecule has 1 aromatic heterocycles. The molecule has 0 saturated heterocycles. The lowest BCUT2D eigenvalue weighted by atomic mass is 10.0. The molecule has 0 fully saturated rings. The molecular weight excluding hydrogens is 318 g/mol. The van der Waals surface area contributed by atoms with Gasteiger partial charge in [0.05, 0.1) is 26.4 Å². The van der Waals surface area contributed by atoms with Gasteiger partial charge < -0.3 is 15.4 Å². The molecule has 0 spiro atoms. The molecule has 1 unspecified atom stereocenters. The molecule has 2 amide bonds. The maximum Gasteiger partial charge on any atom is 0.315 e. The first-order chi connectivity index (χ1) is 12.2. The minimum absolute atomic E-state index is 0.125. The van der Waals surface area contributed by atoms with Gasteiger partial charge in [0, 0.05) is 6.04 Å². The summed E-state index contributed by atoms with van der Waals surface area (Å²) in [5, 5.41) is 14.3. The third-order valence-electron chi connectivity index (χ3n) is 4.53. The molecule has 1 aliphatic rings. The Labute approximate surface area is 147 Å². The zero-order valence-corrected chi connectivity index (χ0v) is 14.8. The van der Waals surface area contributed by atoms with Gasteiger partial charge >= 0.3 is 6.03 Å². The number of benzene rings is 1. The number of urea groups is 1. The molecular formula is C18H25N5O2. The van der Waals surface area contributed by atoms with E-state index >= 15 is 0 Å². The molecule has 3 rings (SSSR count). The number of hydrogen-bond acceptors (Lipinski definition) is 4. The van der Waals surface area contributed by atoms with E-state index in [1.54, 1.807) is 18.1 Å². The van der Waals surface area contributed by atoms with Crippen LogP contribution in [-0.4, -0.2) is 34.2 Å². The molecule has 0 saturated carbocycles. The maximum atomic E-state index is 12.2. The van der Waals surface area contributed by atoms with Crippen molar-refractivity contribution in [1.29, 1.82) is 0 Å². The highest BCUT2D eigenvalue weighted by atomic mass is 16.5. The Morgan fingerprint density at radius 2 is 2.32 bits per heavy atom. The Hall–Kier alpha value is -2.57. The number of rotatable bonds is 5. The molecule has 134 valence electrons. The van der Waals surface area contributed by atoms with Gasteiger partial charge in [-0.15, -0.1) is 0 Å². The van der Waals surface area contributed by atoms with E-state index < -0.39 is 0 Å². The van der Waals surface area contributed by atoms with Crippen LogP contribution in [0, 0.1) is 0 Å². The van der Waals surface area contributed by atoms with Crippen LogP contribution in [0.1, 0.15) is 36.6 Å². The van der Waals surface area contributed by atoms with Gasteiger partial charge in [0.25, 0.3) is 0 Å². The van der Waals surface area contributed by atoms with Gasteiger partial charge in [-0.3, -0.25) is 0 Å². The summed E-state index contributed by atoms with van der Waals surface area (Å²) >= 11 is 0. The lowest BCUT2D eigenvalue weighted by molar-refractivity contribution is 0.235. The summed E-state index contributed by atoms with van der Waals surface area (Å²) in [5.41, 5.74) is 3.28. The molecule has 0 bridgehead atoms. The standard InChI is InChI=1S/C18H25N5O2/c1-3-23-20-12-15(22-23)11-19-18(24)21-14-7-5-8-16-13(10-14)6-4-9-17(16)25-2/h4,6,9,12,14H,3,5,7-8,10-11H2,1-2H3,(H2,19,21,24). The van der Waals surface area contributed by atoms with Crippen LogP contribution in [0.5, 0.6) is 5.75 Å². The Kier molecular flexibility index (Phi) is 5.53. The van der Waals surface area contributed by atoms with Gasteiger partial charge in [0.2, 0.25) is 0 Å². The Bertz CT molecular complexity index is 728. The first-order valence-corrected chi connectivity index (χ1v) is 8.77. The first-order valence-electron chi connectivity index (χ1n) is 8.77. The van der Waals surface area contributed by atoms with Crippen molar-refractivity contribution < 1.29 is 9.53 Å². The van der Waals surface area contributed by atoms with Crippen LogP contribution in [-0.2, 0) is 25.9 Å². The summed E-state index contributed by atoms with van der Waals surface area (Å²) < 4.78 is 5.47. The molecule has 2 aromatic rings. The molecule has 1 heterocycles. The summed E-state index contributed by atoms with van der Waals surface area (Å²) in [5.74, 6) is 0.946. The largest absolute Gasteiger partial charge is 0.496 e. The summed E-state index contributed by atoms with van der Waals surface area (Å²) in [7, 11) is 1.71. The number of methoxy groups -OCH3 is 1. The number of hydrogen-bond donors (Lipinski definition) is 2. The van der Waals surface area contributed by atoms with E-state index in [9.17, 15) is 4.79 Å². The number of aryl methyl sites for hydroxylation is 1. The van der Waals surface area contributed by atoms with E-state index in [4.69, 9.17) is 4.74 Å². The molecule has 25 heavy (non-hydrogen) atoms. The van der Waals surface area contributed by atoms with E-state index in [2.05, 4.69) is 26.9 Å². The van der Waals surface area contributed by atoms with Crippen molar-refractivity contribution in [2.24, 2.45) is 0 Å². The van der Waals surface area contributed by atoms with Gasteiger partial charge in [-0.1, -0.05) is 12.1 Å². The van der Waals surface area contributed by atoms with E-state index in [1.807, 2.05) is 19.1 Å². The summed E-state index contributed by atoms with van der Waals surface area (Å²) in [6.07, 6.45) is 5.48. The van der Waals surface area contributed by atoms with Crippen molar-refractivity contribution in [2.75, 3.05) is 7.11 Å². The van der Waals surface area contributed by atoms with Crippen molar-refractivity contribution >= 4 is 6.03 Å². The highest BCUT2D eigenvalue weighted by Gasteiger charge is 2.20. The van der Waals surface area contributed by atoms with Crippen molar-refractivity contribution in [3.8, 4) is 5.75 Å². The predicted octanol–water partition coefficient (Wildman–Crippen LogP) is 2.05. The minimum atomic E-state index is -0.164. The van der Waals surface area contributed by atoms with E-state index in [1.165, 1.54) is 11.1 Å². The number of amides is 2. The fourth-order valence-electron chi connectivity index (χ4n) is 3.27. The zero-order valence-electron chi connectivity index (χ0n) is 14.8. The monoisotopic (exact) mass is 343 g/mol. The van der Waals surface area contributed by atoms with Gasteiger partial charge in [0.15, 0.2) is 0 Å². The van der Waals surface area contributed by atoms with Crippen molar-refractivity contribution in [3.63, 3.8) is 0 Å². The molecule has 1 aliphatic carbocycles. The second-order valence-electron chi connectivity index (χ2n) is 6.24. The fourth-order valence-corrected chi connectivity index (χ4v) is 3.27. The molecule has 1 atom stereocenters. The SMILES string of the molecule is CCn1ncc(CNC(=O)NC2CCCc3c(cccc3OC)C2)n1. The summed E-state index contributed by atoms with van der Waals surface area (Å²) in [6, 6.07) is 6.10. The number of nitrogens with one attached hydrogen (secondary N) is 2. The Morgan fingerprint density at radius 3 is 3.08 bits per heavy atom. The fraction of sp³-hybridized carbons (Fsp3) is 0.500. The molecule has 0 aliphatic heterocycles. The van der Waals surface area contributed by atoms with Crippen LogP contribution >= 0.6 is 0 Å². The molecule has 1 aromatic carbocycles. The summed E-state index contributed by atoms with van der Waals surface area (Å²) in [6.45, 7) is 3.07. The van der Waals surface area contributed by atoms with Crippen molar-refractivity contribution in [2.45, 2.75) is 51.7 Å². The molecule has 7 nitrogen and oxygen atoms in total. The van der Waals surface area contributed by atoms with Crippen LogP contribution < -0.4 is 15.4 Å². The van der Waals surface area contributed by atoms with Crippen LogP contribution in [0.4, 0.5) is 4.79 Å². The first kappa shape index (κ1) is 17.3. The van der Waals surface area contributed by atoms with E-state index in [-0.39, 0.29) is 12.1 Å². The average molecular weight is 343 g/mol. The number of carbonyl (C=O) groups excluding carboxylic acids is 1. The third kappa shape index (κ3) is 4.29. The zero-order chi connectivity index (χ0) is 17.6. The van der Waals surface area contributed by atoms with Crippen molar-refractivity contribution in [3.05, 3.63) is 41.2 Å². The van der Waals surface area contributed by atoms with Crippen LogP contribution in [0.25, 0.3) is 0 Å². The normalized spacial score (nSPS) is 16.6. The van der Waals surface area contributed by atoms with Gasteiger partial charge in [-0.2, -0.15) is 15.0 Å². The average Bonchev–Trinajstić information content (AvgIpc) is 2.99. The number of fused-ring (bicyclic) bond motifs is 1. The Morgan fingerprint density at radius 1 is 1.44 bits per heavy atom. The Balaban J connectivity index is 1.56. The third-order valence-corrected chi connectivity index (χ3v) is 4.53. The maximum absolute atomic E-state index is 12.2. The molecule has 0 radical (unpaired) electrons. The van der Waals surface area contributed by atoms with Crippen LogP contribution in [0.2, 0.25) is 0 Å². The quantitative estimate of drug-likeness (QED) is 0.814. The lowest BCUT2D eigenvalue weighted by Crippen LogP contribution is -2.42. The van der Waals surface area contributed by atoms with Crippen LogP contribution in [0.15, 0.2) is 24.4 Å². The lowest BCUT2D eigenvalue weighted by Gasteiger charge is -2.17. The second kappa shape index (κ2) is 8.00. The highest BCUT2D eigenvalue weighted by molar-refractivity contribution is 5.74. The predicted molar refractivity (Wildman–Crippen MR) is 94.5 cm³/mol. The number of nitrogens with zero attached hydrogens (tertiary/aromatic N) is 3. The minimum Gasteiger partial charge on any atom is -0.496 e. The number of carbonyl (C=O) groups is 1. The van der Waals surface area contributed by atoms with Crippen LogP contribution in [0.3, 0.4) is 0 Å². The number of aromatic nitrogens is 3. The molecule has 7 heteroatoms. The molecule has 2 N–H and O–H groups in total.